The largest absolute Gasteiger partial charge is 0.312 e. The van der Waals surface area contributed by atoms with Crippen LogP contribution in [0.5, 0.6) is 0 Å². The Morgan fingerprint density at radius 3 is 2.94 bits per heavy atom. The van der Waals surface area contributed by atoms with Crippen molar-refractivity contribution in [2.45, 2.75) is 6.92 Å². The molecule has 0 fully saturated rings. The van der Waals surface area contributed by atoms with Crippen LogP contribution in [0.25, 0.3) is 16.9 Å². The summed E-state index contributed by atoms with van der Waals surface area (Å²) >= 11 is 2.00. The number of para-hydroxylation sites is 2. The number of aromatic nitrogens is 4. The van der Waals surface area contributed by atoms with E-state index in [2.05, 4.69) is 15.0 Å². The van der Waals surface area contributed by atoms with Gasteiger partial charge >= 0.3 is 0 Å². The smallest absolute Gasteiger partial charge is 0.266 e. The minimum absolute atomic E-state index is 0.141. The molecule has 0 bridgehead atoms. The molecule has 0 atom stereocenters. The van der Waals surface area contributed by atoms with Crippen LogP contribution in [0.3, 0.4) is 0 Å². The number of rotatable bonds is 1. The van der Waals surface area contributed by atoms with Crippen molar-refractivity contribution in [1.29, 1.82) is 0 Å². The first-order valence-electron chi connectivity index (χ1n) is 5.36. The van der Waals surface area contributed by atoms with Gasteiger partial charge in [0.05, 0.1) is 17.4 Å². The van der Waals surface area contributed by atoms with E-state index in [1.165, 1.54) is 6.33 Å². The van der Waals surface area contributed by atoms with Crippen LogP contribution in [0.2, 0.25) is 0 Å². The van der Waals surface area contributed by atoms with Crippen molar-refractivity contribution in [3.05, 3.63) is 50.3 Å². The molecule has 1 aromatic carbocycles. The summed E-state index contributed by atoms with van der Waals surface area (Å²) in [5, 5.41) is 0. The fraction of sp³-hybridized carbons (Fsp3) is 0.0833. The van der Waals surface area contributed by atoms with E-state index in [0.29, 0.717) is 9.39 Å². The van der Waals surface area contributed by atoms with Crippen LogP contribution in [0.1, 0.15) is 5.82 Å². The second-order valence-electron chi connectivity index (χ2n) is 3.85. The second kappa shape index (κ2) is 4.20. The van der Waals surface area contributed by atoms with Gasteiger partial charge in [0.1, 0.15) is 9.39 Å². The summed E-state index contributed by atoms with van der Waals surface area (Å²) in [5.41, 5.74) is 1.71. The van der Waals surface area contributed by atoms with Crippen molar-refractivity contribution in [1.82, 2.24) is 19.5 Å². The minimum Gasteiger partial charge on any atom is -0.312 e. The molecule has 2 aromatic heterocycles. The molecule has 3 aromatic rings. The van der Waals surface area contributed by atoms with Crippen molar-refractivity contribution in [2.75, 3.05) is 0 Å². The molecule has 0 saturated carbocycles. The summed E-state index contributed by atoms with van der Waals surface area (Å²) in [6, 6.07) is 7.79. The van der Waals surface area contributed by atoms with Gasteiger partial charge in [-0.3, -0.25) is 9.36 Å². The highest BCUT2D eigenvalue weighted by molar-refractivity contribution is 14.1. The summed E-state index contributed by atoms with van der Waals surface area (Å²) in [7, 11) is 0. The number of aryl methyl sites for hydroxylation is 1. The number of benzene rings is 1. The van der Waals surface area contributed by atoms with Crippen LogP contribution in [-0.4, -0.2) is 19.5 Å². The maximum Gasteiger partial charge on any atom is 0.266 e. The van der Waals surface area contributed by atoms with E-state index in [-0.39, 0.29) is 5.56 Å². The van der Waals surface area contributed by atoms with Crippen molar-refractivity contribution >= 4 is 33.6 Å². The van der Waals surface area contributed by atoms with E-state index >= 15 is 0 Å². The molecular weight excluding hydrogens is 343 g/mol. The Kier molecular flexibility index (Phi) is 2.66. The fourth-order valence-corrected chi connectivity index (χ4v) is 2.48. The topological polar surface area (TPSA) is 63.6 Å². The van der Waals surface area contributed by atoms with Gasteiger partial charge in [0.25, 0.3) is 5.56 Å². The number of aromatic amines is 1. The fourth-order valence-electron chi connectivity index (χ4n) is 1.94. The maximum atomic E-state index is 11.6. The predicted octanol–water partition coefficient (Wildman–Crippen LogP) is 2.02. The van der Waals surface area contributed by atoms with Crippen LogP contribution < -0.4 is 5.56 Å². The van der Waals surface area contributed by atoms with E-state index in [1.54, 1.807) is 0 Å². The lowest BCUT2D eigenvalue weighted by molar-refractivity contribution is 0.922. The summed E-state index contributed by atoms with van der Waals surface area (Å²) < 4.78 is 2.45. The molecule has 0 aliphatic heterocycles. The van der Waals surface area contributed by atoms with Gasteiger partial charge < -0.3 is 4.98 Å². The lowest BCUT2D eigenvalue weighted by Crippen LogP contribution is -2.15. The van der Waals surface area contributed by atoms with E-state index in [9.17, 15) is 4.79 Å². The average molecular weight is 352 g/mol. The SMILES string of the molecule is Cc1nc2ccccc2n1-c1nc[nH]c(=O)c1I. The molecule has 0 aliphatic carbocycles. The molecule has 3 rings (SSSR count). The van der Waals surface area contributed by atoms with Gasteiger partial charge in [0, 0.05) is 0 Å². The molecule has 0 saturated heterocycles. The summed E-state index contributed by atoms with van der Waals surface area (Å²) in [6.07, 6.45) is 1.41. The molecule has 0 amide bonds. The molecule has 0 radical (unpaired) electrons. The molecule has 18 heavy (non-hydrogen) atoms. The predicted molar refractivity (Wildman–Crippen MR) is 76.9 cm³/mol. The van der Waals surface area contributed by atoms with Crippen molar-refractivity contribution < 1.29 is 0 Å². The molecule has 0 unspecified atom stereocenters. The van der Waals surface area contributed by atoms with Crippen LogP contribution in [0, 0.1) is 10.5 Å². The monoisotopic (exact) mass is 352 g/mol. The molecule has 2 heterocycles. The highest BCUT2D eigenvalue weighted by atomic mass is 127. The molecule has 1 N–H and O–H groups in total. The van der Waals surface area contributed by atoms with Crippen molar-refractivity contribution in [3.63, 3.8) is 0 Å². The number of H-pyrrole nitrogens is 1. The Labute approximate surface area is 116 Å². The average Bonchev–Trinajstić information content (AvgIpc) is 2.69. The standard InChI is InChI=1S/C12H9IN4O/c1-7-16-8-4-2-3-5-9(8)17(7)11-10(13)12(18)15-6-14-11/h2-6H,1H3,(H,14,15,18). The third-order valence-corrected chi connectivity index (χ3v) is 3.69. The third kappa shape index (κ3) is 1.64. The van der Waals surface area contributed by atoms with E-state index in [4.69, 9.17) is 0 Å². The van der Waals surface area contributed by atoms with Crippen LogP contribution >= 0.6 is 22.6 Å². The number of fused-ring (bicyclic) bond motifs is 1. The highest BCUT2D eigenvalue weighted by Crippen LogP contribution is 2.21. The van der Waals surface area contributed by atoms with E-state index in [1.807, 2.05) is 58.3 Å². The third-order valence-electron chi connectivity index (χ3n) is 2.72. The molecule has 0 aliphatic rings. The van der Waals surface area contributed by atoms with Gasteiger partial charge in [-0.1, -0.05) is 12.1 Å². The zero-order valence-corrected chi connectivity index (χ0v) is 11.7. The van der Waals surface area contributed by atoms with Gasteiger partial charge in [-0.15, -0.1) is 0 Å². The molecule has 90 valence electrons. The lowest BCUT2D eigenvalue weighted by atomic mass is 10.3. The number of halogens is 1. The summed E-state index contributed by atoms with van der Waals surface area (Å²) in [5.74, 6) is 1.43. The molecular formula is C12H9IN4O. The van der Waals surface area contributed by atoms with Gasteiger partial charge in [-0.25, -0.2) is 9.97 Å². The maximum absolute atomic E-state index is 11.6. The number of nitrogens with zero attached hydrogens (tertiary/aromatic N) is 3. The Morgan fingerprint density at radius 2 is 2.11 bits per heavy atom. The lowest BCUT2D eigenvalue weighted by Gasteiger charge is -2.06. The minimum atomic E-state index is -0.141. The van der Waals surface area contributed by atoms with Gasteiger partial charge in [-0.2, -0.15) is 0 Å². The highest BCUT2D eigenvalue weighted by Gasteiger charge is 2.13. The van der Waals surface area contributed by atoms with Crippen molar-refractivity contribution in [3.8, 4) is 5.82 Å². The number of imidazole rings is 1. The zero-order valence-electron chi connectivity index (χ0n) is 9.51. The summed E-state index contributed by atoms with van der Waals surface area (Å²) in [6.45, 7) is 1.90. The van der Waals surface area contributed by atoms with Crippen molar-refractivity contribution in [2.24, 2.45) is 0 Å². The van der Waals surface area contributed by atoms with Gasteiger partial charge in [-0.05, 0) is 41.6 Å². The number of hydrogen-bond acceptors (Lipinski definition) is 3. The first-order chi connectivity index (χ1) is 8.68. The normalized spacial score (nSPS) is 11.0. The van der Waals surface area contributed by atoms with Crippen LogP contribution in [0.4, 0.5) is 0 Å². The first kappa shape index (κ1) is 11.4. The van der Waals surface area contributed by atoms with E-state index < -0.39 is 0 Å². The quantitative estimate of drug-likeness (QED) is 0.682. The Balaban J connectivity index is 2.42. The summed E-state index contributed by atoms with van der Waals surface area (Å²) in [4.78, 5) is 22.9. The van der Waals surface area contributed by atoms with Gasteiger partial charge in [0.2, 0.25) is 0 Å². The zero-order chi connectivity index (χ0) is 12.7. The molecule has 0 spiro atoms. The Bertz CT molecular complexity index is 790. The Hall–Kier alpha value is -1.70. The Morgan fingerprint density at radius 1 is 1.33 bits per heavy atom. The number of nitrogens with one attached hydrogen (secondary N) is 1. The second-order valence-corrected chi connectivity index (χ2v) is 4.93. The first-order valence-corrected chi connectivity index (χ1v) is 6.44. The van der Waals surface area contributed by atoms with Crippen LogP contribution in [-0.2, 0) is 0 Å². The number of hydrogen-bond donors (Lipinski definition) is 1. The van der Waals surface area contributed by atoms with E-state index in [0.717, 1.165) is 16.9 Å². The van der Waals surface area contributed by atoms with Crippen LogP contribution in [0.15, 0.2) is 35.4 Å². The van der Waals surface area contributed by atoms with Gasteiger partial charge in [0.15, 0.2) is 5.82 Å². The molecule has 6 heteroatoms. The molecule has 5 nitrogen and oxygen atoms in total.